The summed E-state index contributed by atoms with van der Waals surface area (Å²) >= 11 is 3.76. The zero-order valence-corrected chi connectivity index (χ0v) is 10.2. The quantitative estimate of drug-likeness (QED) is 0.741. The van der Waals surface area contributed by atoms with Crippen LogP contribution in [0.3, 0.4) is 0 Å². The van der Waals surface area contributed by atoms with E-state index in [0.717, 1.165) is 18.9 Å². The minimum Gasteiger partial charge on any atom is -0.335 e. The molecule has 0 amide bonds. The zero-order valence-electron chi connectivity index (χ0n) is 8.62. The Morgan fingerprint density at radius 2 is 2.43 bits per heavy atom. The van der Waals surface area contributed by atoms with E-state index in [9.17, 15) is 0 Å². The van der Waals surface area contributed by atoms with Crippen molar-refractivity contribution in [1.29, 1.82) is 0 Å². The van der Waals surface area contributed by atoms with Crippen LogP contribution in [0.5, 0.6) is 0 Å². The highest BCUT2D eigenvalue weighted by atomic mass is 79.9. The van der Waals surface area contributed by atoms with Gasteiger partial charge in [-0.3, -0.25) is 0 Å². The number of hydrogen-bond acceptors (Lipinski definition) is 1. The first-order chi connectivity index (χ1) is 6.81. The first-order valence-corrected chi connectivity index (χ1v) is 6.37. The van der Waals surface area contributed by atoms with Crippen LogP contribution >= 0.6 is 15.9 Å². The van der Waals surface area contributed by atoms with E-state index in [-0.39, 0.29) is 0 Å². The highest BCUT2D eigenvalue weighted by Gasteiger charge is 2.28. The molecule has 1 aromatic rings. The molecule has 14 heavy (non-hydrogen) atoms. The van der Waals surface area contributed by atoms with Crippen LogP contribution in [0.25, 0.3) is 0 Å². The van der Waals surface area contributed by atoms with Crippen molar-refractivity contribution in [2.75, 3.05) is 0 Å². The molecule has 1 aliphatic carbocycles. The van der Waals surface area contributed by atoms with Crippen LogP contribution in [0.15, 0.2) is 12.4 Å². The summed E-state index contributed by atoms with van der Waals surface area (Å²) in [7, 11) is 0. The normalized spacial score (nSPS) is 18.4. The minimum absolute atomic E-state index is 0.713. The van der Waals surface area contributed by atoms with Crippen molar-refractivity contribution in [1.82, 2.24) is 9.55 Å². The van der Waals surface area contributed by atoms with Gasteiger partial charge in [-0.1, -0.05) is 15.9 Å². The second-order valence-corrected chi connectivity index (χ2v) is 5.20. The number of nitrogens with zero attached hydrogens (tertiary/aromatic N) is 2. The van der Waals surface area contributed by atoms with Crippen molar-refractivity contribution in [2.45, 2.75) is 44.0 Å². The lowest BCUT2D eigenvalue weighted by Gasteiger charge is -2.08. The lowest BCUT2D eigenvalue weighted by Crippen LogP contribution is -2.07. The molecule has 0 spiro atoms. The molecule has 1 saturated carbocycles. The number of halogens is 1. The summed E-state index contributed by atoms with van der Waals surface area (Å²) in [5.41, 5.74) is 0. The second kappa shape index (κ2) is 4.47. The van der Waals surface area contributed by atoms with Gasteiger partial charge in [0.2, 0.25) is 0 Å². The Hall–Kier alpha value is -0.310. The maximum Gasteiger partial charge on any atom is 0.108 e. The fraction of sp³-hybridized carbons (Fsp3) is 0.727. The Balaban J connectivity index is 1.84. The van der Waals surface area contributed by atoms with Crippen LogP contribution in [0.1, 0.15) is 32.0 Å². The van der Waals surface area contributed by atoms with Gasteiger partial charge in [-0.2, -0.15) is 0 Å². The molecule has 0 aromatic carbocycles. The average molecular weight is 257 g/mol. The fourth-order valence-corrected chi connectivity index (χ4v) is 2.57. The number of rotatable bonds is 5. The topological polar surface area (TPSA) is 17.8 Å². The smallest absolute Gasteiger partial charge is 0.108 e. The minimum atomic E-state index is 0.713. The molecule has 0 saturated heterocycles. The van der Waals surface area contributed by atoms with Gasteiger partial charge < -0.3 is 4.57 Å². The lowest BCUT2D eigenvalue weighted by atomic mass is 10.1. The summed E-state index contributed by atoms with van der Waals surface area (Å²) in [4.78, 5) is 5.09. The first kappa shape index (κ1) is 10.2. The van der Waals surface area contributed by atoms with Crippen LogP contribution in [-0.2, 0) is 13.0 Å². The molecule has 1 heterocycles. The Morgan fingerprint density at radius 3 is 3.07 bits per heavy atom. The van der Waals surface area contributed by atoms with Gasteiger partial charge in [0.05, 0.1) is 0 Å². The van der Waals surface area contributed by atoms with Gasteiger partial charge in [0.15, 0.2) is 0 Å². The molecular weight excluding hydrogens is 240 g/mol. The Morgan fingerprint density at radius 1 is 1.64 bits per heavy atom. The van der Waals surface area contributed by atoms with Crippen molar-refractivity contribution in [3.8, 4) is 0 Å². The molecule has 1 fully saturated rings. The Kier molecular flexibility index (Phi) is 3.26. The summed E-state index contributed by atoms with van der Waals surface area (Å²) in [5.74, 6) is 2.18. The van der Waals surface area contributed by atoms with Crippen LogP contribution in [0.2, 0.25) is 0 Å². The van der Waals surface area contributed by atoms with E-state index in [2.05, 4.69) is 38.6 Å². The van der Waals surface area contributed by atoms with Gasteiger partial charge in [0.1, 0.15) is 5.82 Å². The number of hydrogen-bond donors (Lipinski definition) is 0. The molecule has 1 aromatic heterocycles. The van der Waals surface area contributed by atoms with Crippen molar-refractivity contribution in [2.24, 2.45) is 5.92 Å². The Bertz CT molecular complexity index is 291. The standard InChI is InChI=1S/C11H17BrN2/c1-2-14-8-7-13-11(14)6-5-10(12)9-3-4-9/h7-10H,2-6H2,1H3. The summed E-state index contributed by atoms with van der Waals surface area (Å²) in [6, 6.07) is 0. The van der Waals surface area contributed by atoms with Gasteiger partial charge in [0.25, 0.3) is 0 Å². The predicted octanol–water partition coefficient (Wildman–Crippen LogP) is 3.01. The summed E-state index contributed by atoms with van der Waals surface area (Å²) in [5, 5.41) is 0. The highest BCUT2D eigenvalue weighted by Crippen LogP contribution is 2.38. The second-order valence-electron chi connectivity index (χ2n) is 4.02. The number of aromatic nitrogens is 2. The first-order valence-electron chi connectivity index (χ1n) is 5.45. The zero-order chi connectivity index (χ0) is 9.97. The largest absolute Gasteiger partial charge is 0.335 e. The number of alkyl halides is 1. The molecule has 2 nitrogen and oxygen atoms in total. The molecule has 78 valence electrons. The van der Waals surface area contributed by atoms with E-state index < -0.39 is 0 Å². The third-order valence-electron chi connectivity index (χ3n) is 2.92. The van der Waals surface area contributed by atoms with E-state index >= 15 is 0 Å². The maximum absolute atomic E-state index is 4.38. The van der Waals surface area contributed by atoms with Gasteiger partial charge >= 0.3 is 0 Å². The van der Waals surface area contributed by atoms with Gasteiger partial charge in [0, 0.05) is 30.2 Å². The lowest BCUT2D eigenvalue weighted by molar-refractivity contribution is 0.634. The van der Waals surface area contributed by atoms with E-state index in [1.165, 1.54) is 25.1 Å². The number of imidazole rings is 1. The summed E-state index contributed by atoms with van der Waals surface area (Å²) < 4.78 is 2.23. The molecule has 0 aliphatic heterocycles. The van der Waals surface area contributed by atoms with Gasteiger partial charge in [-0.15, -0.1) is 0 Å². The van der Waals surface area contributed by atoms with Crippen molar-refractivity contribution < 1.29 is 0 Å². The van der Waals surface area contributed by atoms with Crippen LogP contribution < -0.4 is 0 Å². The van der Waals surface area contributed by atoms with Crippen LogP contribution in [-0.4, -0.2) is 14.4 Å². The molecule has 1 aliphatic rings. The predicted molar refractivity (Wildman–Crippen MR) is 61.7 cm³/mol. The van der Waals surface area contributed by atoms with Gasteiger partial charge in [-0.25, -0.2) is 4.98 Å². The Labute approximate surface area is 93.9 Å². The van der Waals surface area contributed by atoms with Crippen LogP contribution in [0.4, 0.5) is 0 Å². The van der Waals surface area contributed by atoms with E-state index in [4.69, 9.17) is 0 Å². The average Bonchev–Trinajstić information content (AvgIpc) is 2.94. The maximum atomic E-state index is 4.38. The van der Waals surface area contributed by atoms with Crippen molar-refractivity contribution in [3.05, 3.63) is 18.2 Å². The van der Waals surface area contributed by atoms with E-state index in [0.29, 0.717) is 4.83 Å². The van der Waals surface area contributed by atoms with Crippen molar-refractivity contribution in [3.63, 3.8) is 0 Å². The molecule has 0 radical (unpaired) electrons. The molecular formula is C11H17BrN2. The molecule has 1 atom stereocenters. The highest BCUT2D eigenvalue weighted by molar-refractivity contribution is 9.09. The monoisotopic (exact) mass is 256 g/mol. The van der Waals surface area contributed by atoms with Gasteiger partial charge in [-0.05, 0) is 32.1 Å². The van der Waals surface area contributed by atoms with E-state index in [1.807, 2.05) is 6.20 Å². The summed E-state index contributed by atoms with van der Waals surface area (Å²) in [6.07, 6.45) is 9.13. The van der Waals surface area contributed by atoms with E-state index in [1.54, 1.807) is 0 Å². The molecule has 0 bridgehead atoms. The molecule has 1 unspecified atom stereocenters. The molecule has 3 heteroatoms. The third kappa shape index (κ3) is 2.38. The summed E-state index contributed by atoms with van der Waals surface area (Å²) in [6.45, 7) is 3.20. The van der Waals surface area contributed by atoms with Crippen LogP contribution in [0, 0.1) is 5.92 Å². The molecule has 0 N–H and O–H groups in total. The number of aryl methyl sites for hydroxylation is 2. The fourth-order valence-electron chi connectivity index (χ4n) is 1.82. The molecule has 2 rings (SSSR count). The third-order valence-corrected chi connectivity index (χ3v) is 4.13. The van der Waals surface area contributed by atoms with Crippen molar-refractivity contribution >= 4 is 15.9 Å². The SMILES string of the molecule is CCn1ccnc1CCC(Br)C1CC1.